The first-order chi connectivity index (χ1) is 7.13. The highest BCUT2D eigenvalue weighted by molar-refractivity contribution is 6.30. The smallest absolute Gasteiger partial charge is 0.123 e. The molecule has 0 spiro atoms. The van der Waals surface area contributed by atoms with Gasteiger partial charge in [0, 0.05) is 17.0 Å². The topological polar surface area (TPSA) is 35.2 Å². The summed E-state index contributed by atoms with van der Waals surface area (Å²) in [6, 6.07) is 3.88. The van der Waals surface area contributed by atoms with Crippen molar-refractivity contribution < 1.29 is 4.74 Å². The molecular weight excluding hydrogens is 210 g/mol. The van der Waals surface area contributed by atoms with E-state index in [1.165, 1.54) is 11.1 Å². The van der Waals surface area contributed by atoms with Gasteiger partial charge in [-0.15, -0.1) is 0 Å². The van der Waals surface area contributed by atoms with Gasteiger partial charge in [-0.05, 0) is 43.0 Å². The van der Waals surface area contributed by atoms with Gasteiger partial charge in [0.25, 0.3) is 0 Å². The van der Waals surface area contributed by atoms with Crippen LogP contribution in [0.1, 0.15) is 24.0 Å². The lowest BCUT2D eigenvalue weighted by molar-refractivity contribution is 0.410. The van der Waals surface area contributed by atoms with E-state index in [0.29, 0.717) is 6.54 Å². The first-order valence-electron chi connectivity index (χ1n) is 5.17. The summed E-state index contributed by atoms with van der Waals surface area (Å²) in [5, 5.41) is 0.729. The summed E-state index contributed by atoms with van der Waals surface area (Å²) in [7, 11) is 1.67. The summed E-state index contributed by atoms with van der Waals surface area (Å²) < 4.78 is 5.31. The number of hydrogen-bond acceptors (Lipinski definition) is 2. The molecule has 0 amide bonds. The van der Waals surface area contributed by atoms with Crippen LogP contribution in [0.4, 0.5) is 0 Å². The molecule has 2 N–H and O–H groups in total. The molecule has 0 radical (unpaired) electrons. The molecule has 0 atom stereocenters. The van der Waals surface area contributed by atoms with E-state index in [-0.39, 0.29) is 5.41 Å². The van der Waals surface area contributed by atoms with E-state index in [0.717, 1.165) is 23.6 Å². The average Bonchev–Trinajstić information content (AvgIpc) is 3.01. The van der Waals surface area contributed by atoms with Gasteiger partial charge in [0.1, 0.15) is 5.75 Å². The zero-order valence-electron chi connectivity index (χ0n) is 9.14. The maximum atomic E-state index is 6.07. The summed E-state index contributed by atoms with van der Waals surface area (Å²) in [6.45, 7) is 2.76. The van der Waals surface area contributed by atoms with Crippen LogP contribution in [-0.2, 0) is 5.41 Å². The maximum absolute atomic E-state index is 6.07. The third-order valence-electron chi connectivity index (χ3n) is 3.36. The maximum Gasteiger partial charge on any atom is 0.123 e. The van der Waals surface area contributed by atoms with E-state index in [1.807, 2.05) is 12.1 Å². The van der Waals surface area contributed by atoms with Crippen LogP contribution in [0.15, 0.2) is 12.1 Å². The van der Waals surface area contributed by atoms with Crippen LogP contribution in [0, 0.1) is 6.92 Å². The molecule has 15 heavy (non-hydrogen) atoms. The standard InChI is InChI=1S/C12H16ClNO/c1-8-10(12(7-14)3-4-12)5-9(13)6-11(8)15-2/h5-6H,3-4,7,14H2,1-2H3. The highest BCUT2D eigenvalue weighted by Crippen LogP contribution is 2.50. The fourth-order valence-corrected chi connectivity index (χ4v) is 2.36. The summed E-state index contributed by atoms with van der Waals surface area (Å²) in [4.78, 5) is 0. The largest absolute Gasteiger partial charge is 0.496 e. The molecule has 0 saturated heterocycles. The molecule has 0 bridgehead atoms. The molecule has 0 heterocycles. The van der Waals surface area contributed by atoms with Gasteiger partial charge in [0.15, 0.2) is 0 Å². The lowest BCUT2D eigenvalue weighted by Gasteiger charge is -2.18. The molecule has 82 valence electrons. The molecule has 1 aromatic rings. The number of hydrogen-bond donors (Lipinski definition) is 1. The fourth-order valence-electron chi connectivity index (χ4n) is 2.15. The number of ether oxygens (including phenoxy) is 1. The quantitative estimate of drug-likeness (QED) is 0.859. The lowest BCUT2D eigenvalue weighted by atomic mass is 9.91. The zero-order chi connectivity index (χ0) is 11.1. The predicted molar refractivity (Wildman–Crippen MR) is 62.7 cm³/mol. The molecular formula is C12H16ClNO. The Morgan fingerprint density at radius 3 is 2.60 bits per heavy atom. The minimum Gasteiger partial charge on any atom is -0.496 e. The van der Waals surface area contributed by atoms with Crippen molar-refractivity contribution in [1.82, 2.24) is 0 Å². The van der Waals surface area contributed by atoms with Gasteiger partial charge in [-0.1, -0.05) is 11.6 Å². The van der Waals surface area contributed by atoms with Crippen LogP contribution < -0.4 is 10.5 Å². The Morgan fingerprint density at radius 1 is 1.47 bits per heavy atom. The Morgan fingerprint density at radius 2 is 2.13 bits per heavy atom. The molecule has 1 aromatic carbocycles. The van der Waals surface area contributed by atoms with E-state index in [9.17, 15) is 0 Å². The molecule has 3 heteroatoms. The van der Waals surface area contributed by atoms with Gasteiger partial charge >= 0.3 is 0 Å². The van der Waals surface area contributed by atoms with E-state index in [1.54, 1.807) is 7.11 Å². The minimum atomic E-state index is 0.169. The van der Waals surface area contributed by atoms with Crippen molar-refractivity contribution in [2.75, 3.05) is 13.7 Å². The third-order valence-corrected chi connectivity index (χ3v) is 3.58. The number of methoxy groups -OCH3 is 1. The van der Waals surface area contributed by atoms with E-state index in [4.69, 9.17) is 22.1 Å². The monoisotopic (exact) mass is 225 g/mol. The second-order valence-electron chi connectivity index (χ2n) is 4.27. The van der Waals surface area contributed by atoms with Gasteiger partial charge in [-0.3, -0.25) is 0 Å². The Kier molecular flexibility index (Phi) is 2.65. The second kappa shape index (κ2) is 3.69. The van der Waals surface area contributed by atoms with Crippen LogP contribution >= 0.6 is 11.6 Å². The lowest BCUT2D eigenvalue weighted by Crippen LogP contribution is -2.21. The first kappa shape index (κ1) is 10.8. The molecule has 2 rings (SSSR count). The zero-order valence-corrected chi connectivity index (χ0v) is 9.90. The predicted octanol–water partition coefficient (Wildman–Crippen LogP) is 2.65. The van der Waals surface area contributed by atoms with Crippen LogP contribution in [0.2, 0.25) is 5.02 Å². The van der Waals surface area contributed by atoms with Gasteiger partial charge in [-0.2, -0.15) is 0 Å². The average molecular weight is 226 g/mol. The third kappa shape index (κ3) is 1.72. The Bertz CT molecular complexity index is 385. The van der Waals surface area contributed by atoms with Crippen molar-refractivity contribution in [3.8, 4) is 5.75 Å². The summed E-state index contributed by atoms with van der Waals surface area (Å²) in [5.41, 5.74) is 8.43. The number of benzene rings is 1. The Labute approximate surface area is 95.4 Å². The molecule has 1 aliphatic rings. The van der Waals surface area contributed by atoms with Crippen molar-refractivity contribution in [3.63, 3.8) is 0 Å². The highest BCUT2D eigenvalue weighted by atomic mass is 35.5. The molecule has 1 fully saturated rings. The Hall–Kier alpha value is -0.730. The van der Waals surface area contributed by atoms with Gasteiger partial charge in [-0.25, -0.2) is 0 Å². The summed E-state index contributed by atoms with van der Waals surface area (Å²) in [6.07, 6.45) is 2.32. The minimum absolute atomic E-state index is 0.169. The van der Waals surface area contributed by atoms with Gasteiger partial charge in [0.05, 0.1) is 7.11 Å². The molecule has 0 unspecified atom stereocenters. The van der Waals surface area contributed by atoms with E-state index < -0.39 is 0 Å². The summed E-state index contributed by atoms with van der Waals surface area (Å²) >= 11 is 6.07. The number of rotatable bonds is 3. The van der Waals surface area contributed by atoms with Gasteiger partial charge in [0.2, 0.25) is 0 Å². The van der Waals surface area contributed by atoms with Crippen molar-refractivity contribution in [3.05, 3.63) is 28.3 Å². The van der Waals surface area contributed by atoms with E-state index in [2.05, 4.69) is 6.92 Å². The highest BCUT2D eigenvalue weighted by Gasteiger charge is 2.44. The number of nitrogens with two attached hydrogens (primary N) is 1. The molecule has 1 saturated carbocycles. The SMILES string of the molecule is COc1cc(Cl)cc(C2(CN)CC2)c1C. The van der Waals surface area contributed by atoms with Crippen LogP contribution in [0.25, 0.3) is 0 Å². The number of halogens is 1. The van der Waals surface area contributed by atoms with Gasteiger partial charge < -0.3 is 10.5 Å². The van der Waals surface area contributed by atoms with Crippen LogP contribution in [0.5, 0.6) is 5.75 Å². The Balaban J connectivity index is 2.51. The molecule has 2 nitrogen and oxygen atoms in total. The van der Waals surface area contributed by atoms with Crippen molar-refractivity contribution in [2.45, 2.75) is 25.2 Å². The molecule has 0 aromatic heterocycles. The summed E-state index contributed by atoms with van der Waals surface area (Å²) in [5.74, 6) is 0.859. The van der Waals surface area contributed by atoms with Crippen molar-refractivity contribution in [2.24, 2.45) is 5.73 Å². The first-order valence-corrected chi connectivity index (χ1v) is 5.55. The van der Waals surface area contributed by atoms with E-state index >= 15 is 0 Å². The molecule has 1 aliphatic carbocycles. The second-order valence-corrected chi connectivity index (χ2v) is 4.70. The molecule has 0 aliphatic heterocycles. The van der Waals surface area contributed by atoms with Crippen LogP contribution in [0.3, 0.4) is 0 Å². The normalized spacial score (nSPS) is 17.6. The van der Waals surface area contributed by atoms with Crippen molar-refractivity contribution in [1.29, 1.82) is 0 Å². The van der Waals surface area contributed by atoms with Crippen LogP contribution in [-0.4, -0.2) is 13.7 Å². The van der Waals surface area contributed by atoms with Crippen molar-refractivity contribution >= 4 is 11.6 Å². The fraction of sp³-hybridized carbons (Fsp3) is 0.500.